The van der Waals surface area contributed by atoms with Crippen LogP contribution >= 0.6 is 11.3 Å². The van der Waals surface area contributed by atoms with Crippen molar-refractivity contribution >= 4 is 22.4 Å². The SMILES string of the molecule is COCc1nocc1C(=O)Nc1nc(C2CC2)c(Cc2ccccc2F)s1. The third-order valence-corrected chi connectivity index (χ3v) is 5.38. The number of halogens is 1. The normalized spacial score (nSPS) is 13.7. The van der Waals surface area contributed by atoms with Crippen LogP contribution in [0.4, 0.5) is 9.52 Å². The maximum atomic E-state index is 14.0. The van der Waals surface area contributed by atoms with E-state index in [9.17, 15) is 9.18 Å². The number of carbonyl (C=O) groups excluding carboxylic acids is 1. The average molecular weight is 387 g/mol. The summed E-state index contributed by atoms with van der Waals surface area (Å²) in [4.78, 5) is 18.1. The van der Waals surface area contributed by atoms with E-state index in [1.807, 2.05) is 6.07 Å². The number of amides is 1. The third kappa shape index (κ3) is 3.91. The van der Waals surface area contributed by atoms with E-state index in [0.29, 0.717) is 34.3 Å². The fourth-order valence-electron chi connectivity index (χ4n) is 2.88. The highest BCUT2D eigenvalue weighted by Gasteiger charge is 2.30. The zero-order valence-electron chi connectivity index (χ0n) is 14.7. The van der Waals surface area contributed by atoms with Crippen molar-refractivity contribution in [1.82, 2.24) is 10.1 Å². The minimum atomic E-state index is -0.350. The molecule has 1 fully saturated rings. The lowest BCUT2D eigenvalue weighted by Crippen LogP contribution is -2.13. The molecule has 0 saturated heterocycles. The van der Waals surface area contributed by atoms with Crippen molar-refractivity contribution in [2.75, 3.05) is 12.4 Å². The van der Waals surface area contributed by atoms with Crippen molar-refractivity contribution in [3.63, 3.8) is 0 Å². The van der Waals surface area contributed by atoms with Gasteiger partial charge in [0.15, 0.2) is 5.13 Å². The fourth-order valence-corrected chi connectivity index (χ4v) is 3.95. The number of methoxy groups -OCH3 is 1. The lowest BCUT2D eigenvalue weighted by molar-refractivity contribution is 0.102. The Morgan fingerprint density at radius 2 is 2.22 bits per heavy atom. The van der Waals surface area contributed by atoms with Crippen molar-refractivity contribution in [3.05, 3.63) is 63.7 Å². The number of carbonyl (C=O) groups is 1. The standard InChI is InChI=1S/C19H18FN3O3S/c1-25-10-15-13(9-26-23-15)18(24)22-19-21-17(11-6-7-11)16(27-19)8-12-4-2-3-5-14(12)20/h2-5,9,11H,6-8,10H2,1H3,(H,21,22,24). The molecule has 8 heteroatoms. The summed E-state index contributed by atoms with van der Waals surface area (Å²) < 4.78 is 23.9. The maximum absolute atomic E-state index is 14.0. The summed E-state index contributed by atoms with van der Waals surface area (Å²) in [5, 5.41) is 7.08. The number of benzene rings is 1. The second kappa shape index (κ2) is 7.58. The first-order chi connectivity index (χ1) is 13.2. The molecular formula is C19H18FN3O3S. The number of ether oxygens (including phenoxy) is 1. The van der Waals surface area contributed by atoms with Gasteiger partial charge in [0.2, 0.25) is 0 Å². The largest absolute Gasteiger partial charge is 0.378 e. The van der Waals surface area contributed by atoms with Gasteiger partial charge in [0, 0.05) is 24.3 Å². The van der Waals surface area contributed by atoms with Gasteiger partial charge in [0.1, 0.15) is 23.3 Å². The van der Waals surface area contributed by atoms with Crippen LogP contribution < -0.4 is 5.32 Å². The van der Waals surface area contributed by atoms with Crippen molar-refractivity contribution in [3.8, 4) is 0 Å². The molecule has 2 aromatic heterocycles. The van der Waals surface area contributed by atoms with E-state index in [1.54, 1.807) is 12.1 Å². The van der Waals surface area contributed by atoms with E-state index >= 15 is 0 Å². The van der Waals surface area contributed by atoms with Gasteiger partial charge in [-0.25, -0.2) is 9.37 Å². The van der Waals surface area contributed by atoms with Crippen molar-refractivity contribution in [2.24, 2.45) is 0 Å². The molecule has 0 unspecified atom stereocenters. The molecule has 1 N–H and O–H groups in total. The van der Waals surface area contributed by atoms with Gasteiger partial charge in [0.25, 0.3) is 5.91 Å². The summed E-state index contributed by atoms with van der Waals surface area (Å²) in [6.45, 7) is 0.184. The van der Waals surface area contributed by atoms with Crippen LogP contribution in [0.3, 0.4) is 0 Å². The molecule has 1 aromatic carbocycles. The summed E-state index contributed by atoms with van der Waals surface area (Å²) in [5.41, 5.74) is 2.33. The van der Waals surface area contributed by atoms with Gasteiger partial charge in [-0.15, -0.1) is 11.3 Å². The van der Waals surface area contributed by atoms with Crippen LogP contribution in [0.25, 0.3) is 0 Å². The molecule has 0 bridgehead atoms. The summed E-state index contributed by atoms with van der Waals surface area (Å²) in [6, 6.07) is 6.73. The number of hydrogen-bond acceptors (Lipinski definition) is 6. The Bertz CT molecular complexity index is 965. The molecule has 1 saturated carbocycles. The molecule has 0 radical (unpaired) electrons. The molecule has 0 aliphatic heterocycles. The maximum Gasteiger partial charge on any atom is 0.262 e. The molecule has 1 amide bonds. The van der Waals surface area contributed by atoms with E-state index < -0.39 is 0 Å². The third-order valence-electron chi connectivity index (χ3n) is 4.39. The predicted octanol–water partition coefficient (Wildman–Crippen LogP) is 4.14. The number of anilines is 1. The summed E-state index contributed by atoms with van der Waals surface area (Å²) in [7, 11) is 1.52. The second-order valence-electron chi connectivity index (χ2n) is 6.43. The van der Waals surface area contributed by atoms with Gasteiger partial charge in [0.05, 0.1) is 12.3 Å². The van der Waals surface area contributed by atoms with Gasteiger partial charge >= 0.3 is 0 Å². The van der Waals surface area contributed by atoms with Gasteiger partial charge in [-0.05, 0) is 24.5 Å². The van der Waals surface area contributed by atoms with Crippen LogP contribution in [0.15, 0.2) is 35.1 Å². The molecule has 27 heavy (non-hydrogen) atoms. The minimum Gasteiger partial charge on any atom is -0.378 e. The molecular weight excluding hydrogens is 369 g/mol. The van der Waals surface area contributed by atoms with Crippen molar-refractivity contribution in [1.29, 1.82) is 0 Å². The number of nitrogens with one attached hydrogen (secondary N) is 1. The molecule has 4 rings (SSSR count). The van der Waals surface area contributed by atoms with Gasteiger partial charge in [-0.2, -0.15) is 0 Å². The Balaban J connectivity index is 1.56. The van der Waals surface area contributed by atoms with Crippen LogP contribution in [-0.2, 0) is 17.8 Å². The monoisotopic (exact) mass is 387 g/mol. The molecule has 0 spiro atoms. The number of nitrogens with zero attached hydrogens (tertiary/aromatic N) is 2. The second-order valence-corrected chi connectivity index (χ2v) is 7.52. The molecule has 0 atom stereocenters. The quantitative estimate of drug-likeness (QED) is 0.659. The molecule has 1 aliphatic rings. The van der Waals surface area contributed by atoms with E-state index in [2.05, 4.69) is 15.5 Å². The first-order valence-corrected chi connectivity index (χ1v) is 9.44. The van der Waals surface area contributed by atoms with Gasteiger partial charge < -0.3 is 9.26 Å². The van der Waals surface area contributed by atoms with Crippen LogP contribution in [0.5, 0.6) is 0 Å². The summed E-state index contributed by atoms with van der Waals surface area (Å²) in [5.74, 6) is -0.183. The summed E-state index contributed by atoms with van der Waals surface area (Å²) >= 11 is 1.38. The first kappa shape index (κ1) is 17.8. The number of aromatic nitrogens is 2. The van der Waals surface area contributed by atoms with E-state index in [-0.39, 0.29) is 18.3 Å². The van der Waals surface area contributed by atoms with E-state index in [1.165, 1.54) is 30.8 Å². The molecule has 3 aromatic rings. The molecule has 1 aliphatic carbocycles. The van der Waals surface area contributed by atoms with Crippen LogP contribution in [0.2, 0.25) is 0 Å². The minimum absolute atomic E-state index is 0.184. The van der Waals surface area contributed by atoms with Gasteiger partial charge in [-0.3, -0.25) is 10.1 Å². The zero-order valence-corrected chi connectivity index (χ0v) is 15.5. The van der Waals surface area contributed by atoms with E-state index in [4.69, 9.17) is 9.26 Å². The molecule has 6 nitrogen and oxygen atoms in total. The van der Waals surface area contributed by atoms with Crippen molar-refractivity contribution < 1.29 is 18.4 Å². The summed E-state index contributed by atoms with van der Waals surface area (Å²) in [6.07, 6.45) is 3.91. The highest BCUT2D eigenvalue weighted by Crippen LogP contribution is 2.44. The smallest absolute Gasteiger partial charge is 0.262 e. The lowest BCUT2D eigenvalue weighted by Gasteiger charge is -2.02. The lowest BCUT2D eigenvalue weighted by atomic mass is 10.1. The average Bonchev–Trinajstić information content (AvgIpc) is 3.26. The Labute approximate surface area is 159 Å². The van der Waals surface area contributed by atoms with Crippen molar-refractivity contribution in [2.45, 2.75) is 31.8 Å². The van der Waals surface area contributed by atoms with E-state index in [0.717, 1.165) is 23.4 Å². The molecule has 2 heterocycles. The van der Waals surface area contributed by atoms with Crippen LogP contribution in [0, 0.1) is 5.82 Å². The fraction of sp³-hybridized carbons (Fsp3) is 0.316. The molecule has 140 valence electrons. The highest BCUT2D eigenvalue weighted by molar-refractivity contribution is 7.16. The predicted molar refractivity (Wildman–Crippen MR) is 98.5 cm³/mol. The Morgan fingerprint density at radius 3 is 2.96 bits per heavy atom. The number of rotatable bonds is 7. The Hall–Kier alpha value is -2.58. The van der Waals surface area contributed by atoms with Gasteiger partial charge in [-0.1, -0.05) is 23.4 Å². The number of hydrogen-bond donors (Lipinski definition) is 1. The Kier molecular flexibility index (Phi) is 5.00. The number of thiazole rings is 1. The highest BCUT2D eigenvalue weighted by atomic mass is 32.1. The zero-order chi connectivity index (χ0) is 18.8. The van der Waals surface area contributed by atoms with Crippen LogP contribution in [-0.4, -0.2) is 23.2 Å². The van der Waals surface area contributed by atoms with Crippen LogP contribution in [0.1, 0.15) is 50.9 Å². The Morgan fingerprint density at radius 1 is 1.41 bits per heavy atom. The first-order valence-electron chi connectivity index (χ1n) is 8.62. The topological polar surface area (TPSA) is 77.2 Å².